The first-order valence-corrected chi connectivity index (χ1v) is 3.57. The largest absolute Gasteiger partial charge is 0.0622 e. The van der Waals surface area contributed by atoms with Gasteiger partial charge >= 0.3 is 0 Å². The average molecular weight is 148 g/mol. The average Bonchev–Trinajstić information content (AvgIpc) is 2.03. The predicted molar refractivity (Wildman–Crippen MR) is 47.3 cm³/mol. The number of thiocarbonyl (C=S) groups is 1. The molecule has 0 bridgehead atoms. The first-order valence-electron chi connectivity index (χ1n) is 3.17. The summed E-state index contributed by atoms with van der Waals surface area (Å²) in [5.41, 5.74) is 1.28. The molecular weight excluding hydrogens is 140 g/mol. The topological polar surface area (TPSA) is 0 Å². The van der Waals surface area contributed by atoms with Crippen LogP contribution in [-0.2, 0) is 6.42 Å². The van der Waals surface area contributed by atoms with Gasteiger partial charge in [-0.2, -0.15) is 0 Å². The fourth-order valence-electron chi connectivity index (χ4n) is 0.774. The summed E-state index contributed by atoms with van der Waals surface area (Å²) in [5.74, 6) is 0. The lowest BCUT2D eigenvalue weighted by Crippen LogP contribution is -1.77. The lowest BCUT2D eigenvalue weighted by Gasteiger charge is -1.90. The minimum atomic E-state index is 0.893. The van der Waals surface area contributed by atoms with Crippen LogP contribution in [-0.4, -0.2) is 5.02 Å². The minimum absolute atomic E-state index is 0.893. The van der Waals surface area contributed by atoms with E-state index >= 15 is 0 Å². The Morgan fingerprint density at radius 3 is 2.60 bits per heavy atom. The molecule has 10 heavy (non-hydrogen) atoms. The van der Waals surface area contributed by atoms with Gasteiger partial charge in [0.15, 0.2) is 0 Å². The molecule has 0 atom stereocenters. The molecule has 0 fully saturated rings. The standard InChI is InChI=1S/C9H8S/c10-8-4-7-9-5-2-1-3-6-9/h1-6H,7H2. The molecule has 0 nitrogen and oxygen atoms in total. The van der Waals surface area contributed by atoms with E-state index in [1.54, 1.807) is 0 Å². The van der Waals surface area contributed by atoms with Gasteiger partial charge < -0.3 is 0 Å². The van der Waals surface area contributed by atoms with Crippen LogP contribution >= 0.6 is 12.2 Å². The highest BCUT2D eigenvalue weighted by Crippen LogP contribution is 1.98. The van der Waals surface area contributed by atoms with Gasteiger partial charge in [-0.1, -0.05) is 35.4 Å². The summed E-state index contributed by atoms with van der Waals surface area (Å²) in [4.78, 5) is 0. The molecule has 0 radical (unpaired) electrons. The van der Waals surface area contributed by atoms with E-state index in [0.29, 0.717) is 0 Å². The smallest absolute Gasteiger partial charge is 0.00127 e. The molecule has 0 aliphatic heterocycles. The van der Waals surface area contributed by atoms with Crippen molar-refractivity contribution in [2.75, 3.05) is 0 Å². The van der Waals surface area contributed by atoms with Crippen LogP contribution < -0.4 is 0 Å². The summed E-state index contributed by atoms with van der Waals surface area (Å²) in [7, 11) is 0. The molecule has 0 unspecified atom stereocenters. The van der Waals surface area contributed by atoms with E-state index in [9.17, 15) is 0 Å². The Bertz CT molecular complexity index is 232. The van der Waals surface area contributed by atoms with Crippen molar-refractivity contribution in [1.82, 2.24) is 0 Å². The SMILES string of the molecule is S=C=CCc1ccccc1. The van der Waals surface area contributed by atoms with Gasteiger partial charge in [-0.25, -0.2) is 0 Å². The molecule has 0 N–H and O–H groups in total. The third-order valence-electron chi connectivity index (χ3n) is 1.26. The molecule has 0 heterocycles. The highest BCUT2D eigenvalue weighted by atomic mass is 32.1. The van der Waals surface area contributed by atoms with Crippen LogP contribution in [0.1, 0.15) is 5.56 Å². The minimum Gasteiger partial charge on any atom is -0.0622 e. The molecule has 1 heteroatoms. The quantitative estimate of drug-likeness (QED) is 0.580. The van der Waals surface area contributed by atoms with Crippen molar-refractivity contribution in [3.05, 3.63) is 42.0 Å². The summed E-state index contributed by atoms with van der Waals surface area (Å²) < 4.78 is 0. The van der Waals surface area contributed by atoms with E-state index in [1.807, 2.05) is 24.3 Å². The van der Waals surface area contributed by atoms with Gasteiger partial charge in [-0.15, -0.1) is 0 Å². The van der Waals surface area contributed by atoms with Gasteiger partial charge in [-0.3, -0.25) is 0 Å². The first kappa shape index (κ1) is 7.20. The van der Waals surface area contributed by atoms with Crippen molar-refractivity contribution in [2.24, 2.45) is 0 Å². The van der Waals surface area contributed by atoms with Crippen molar-refractivity contribution in [2.45, 2.75) is 6.42 Å². The summed E-state index contributed by atoms with van der Waals surface area (Å²) in [5, 5.41) is 2.57. The highest BCUT2D eigenvalue weighted by molar-refractivity contribution is 7.78. The molecule has 0 saturated heterocycles. The second-order valence-electron chi connectivity index (χ2n) is 2.01. The van der Waals surface area contributed by atoms with E-state index < -0.39 is 0 Å². The van der Waals surface area contributed by atoms with Crippen LogP contribution in [0.5, 0.6) is 0 Å². The molecule has 0 aliphatic rings. The number of benzene rings is 1. The van der Waals surface area contributed by atoms with Crippen LogP contribution in [0.2, 0.25) is 0 Å². The zero-order valence-corrected chi connectivity index (χ0v) is 6.40. The normalized spacial score (nSPS) is 8.40. The van der Waals surface area contributed by atoms with Gasteiger partial charge in [0.2, 0.25) is 0 Å². The van der Waals surface area contributed by atoms with E-state index in [2.05, 4.69) is 29.4 Å². The van der Waals surface area contributed by atoms with Crippen LogP contribution in [0.3, 0.4) is 0 Å². The molecule has 0 amide bonds. The fraction of sp³-hybridized carbons (Fsp3) is 0.111. The highest BCUT2D eigenvalue weighted by Gasteiger charge is 1.83. The van der Waals surface area contributed by atoms with Crippen LogP contribution in [0, 0.1) is 0 Å². The van der Waals surface area contributed by atoms with Crippen LogP contribution in [0.4, 0.5) is 0 Å². The predicted octanol–water partition coefficient (Wildman–Crippen LogP) is 2.38. The molecule has 1 rings (SSSR count). The van der Waals surface area contributed by atoms with Crippen LogP contribution in [0.25, 0.3) is 0 Å². The lowest BCUT2D eigenvalue weighted by molar-refractivity contribution is 1.29. The summed E-state index contributed by atoms with van der Waals surface area (Å²) in [6, 6.07) is 10.2. The third-order valence-corrected chi connectivity index (χ3v) is 1.43. The Morgan fingerprint density at radius 1 is 1.30 bits per heavy atom. The monoisotopic (exact) mass is 148 g/mol. The zero-order chi connectivity index (χ0) is 7.23. The second kappa shape index (κ2) is 3.99. The van der Waals surface area contributed by atoms with Crippen molar-refractivity contribution in [1.29, 1.82) is 0 Å². The number of allylic oxidation sites excluding steroid dienone is 1. The van der Waals surface area contributed by atoms with Gasteiger partial charge in [-0.05, 0) is 30.3 Å². The molecule has 1 aromatic carbocycles. The Balaban J connectivity index is 2.67. The second-order valence-corrected chi connectivity index (χ2v) is 2.25. The molecule has 1 aromatic rings. The number of rotatable bonds is 2. The molecular formula is C9H8S. The van der Waals surface area contributed by atoms with E-state index in [1.165, 1.54) is 5.56 Å². The lowest BCUT2D eigenvalue weighted by atomic mass is 10.2. The fourth-order valence-corrected chi connectivity index (χ4v) is 0.857. The molecule has 0 saturated carbocycles. The first-order chi connectivity index (χ1) is 4.93. The summed E-state index contributed by atoms with van der Waals surface area (Å²) >= 11 is 4.55. The Hall–Kier alpha value is -0.910. The summed E-state index contributed by atoms with van der Waals surface area (Å²) in [6.07, 6.45) is 2.75. The van der Waals surface area contributed by atoms with E-state index in [0.717, 1.165) is 6.42 Å². The van der Waals surface area contributed by atoms with Crippen molar-refractivity contribution < 1.29 is 0 Å². The third kappa shape index (κ3) is 2.14. The van der Waals surface area contributed by atoms with Gasteiger partial charge in [0.1, 0.15) is 0 Å². The zero-order valence-electron chi connectivity index (χ0n) is 5.58. The van der Waals surface area contributed by atoms with Gasteiger partial charge in [0.05, 0.1) is 0 Å². The van der Waals surface area contributed by atoms with E-state index in [-0.39, 0.29) is 0 Å². The van der Waals surface area contributed by atoms with Crippen LogP contribution in [0.15, 0.2) is 36.4 Å². The molecule has 0 aliphatic carbocycles. The summed E-state index contributed by atoms with van der Waals surface area (Å²) in [6.45, 7) is 0. The Morgan fingerprint density at radius 2 is 2.00 bits per heavy atom. The Labute approximate surface area is 66.2 Å². The van der Waals surface area contributed by atoms with Crippen molar-refractivity contribution in [3.8, 4) is 0 Å². The maximum Gasteiger partial charge on any atom is -0.00127 e. The number of hydrogen-bond acceptors (Lipinski definition) is 1. The van der Waals surface area contributed by atoms with Gasteiger partial charge in [0, 0.05) is 0 Å². The van der Waals surface area contributed by atoms with E-state index in [4.69, 9.17) is 0 Å². The number of hydrogen-bond donors (Lipinski definition) is 0. The van der Waals surface area contributed by atoms with Crippen molar-refractivity contribution in [3.63, 3.8) is 0 Å². The maximum absolute atomic E-state index is 4.55. The molecule has 50 valence electrons. The molecule has 0 spiro atoms. The van der Waals surface area contributed by atoms with Gasteiger partial charge in [0.25, 0.3) is 0 Å². The molecule has 0 aromatic heterocycles. The Kier molecular flexibility index (Phi) is 2.88. The maximum atomic E-state index is 4.55. The van der Waals surface area contributed by atoms with Crippen molar-refractivity contribution >= 4 is 17.2 Å².